The number of carbonyl (C=O) groups excluding carboxylic acids is 1. The maximum atomic E-state index is 12.3. The molecule has 0 aromatic heterocycles. The van der Waals surface area contributed by atoms with Gasteiger partial charge in [0.15, 0.2) is 0 Å². The number of nitrogens with zero attached hydrogens (tertiary/aromatic N) is 1. The van der Waals surface area contributed by atoms with Gasteiger partial charge in [0.25, 0.3) is 0 Å². The monoisotopic (exact) mass is 338 g/mol. The molecule has 0 bridgehead atoms. The molecule has 0 saturated carbocycles. The molecule has 1 aliphatic rings. The molecule has 1 heterocycles. The van der Waals surface area contributed by atoms with E-state index in [0.717, 1.165) is 12.0 Å². The van der Waals surface area contributed by atoms with Crippen LogP contribution in [0.2, 0.25) is 5.02 Å². The second-order valence-electron chi connectivity index (χ2n) is 6.41. The van der Waals surface area contributed by atoms with Crippen LogP contribution >= 0.6 is 11.6 Å². The number of carboxylic acids is 1. The van der Waals surface area contributed by atoms with Crippen LogP contribution in [0.5, 0.6) is 0 Å². The van der Waals surface area contributed by atoms with Crippen molar-refractivity contribution in [1.82, 2.24) is 10.2 Å². The van der Waals surface area contributed by atoms with E-state index in [-0.39, 0.29) is 18.5 Å². The van der Waals surface area contributed by atoms with E-state index >= 15 is 0 Å². The van der Waals surface area contributed by atoms with Crippen LogP contribution in [-0.2, 0) is 9.59 Å². The zero-order chi connectivity index (χ0) is 17.0. The van der Waals surface area contributed by atoms with Gasteiger partial charge in [0, 0.05) is 11.6 Å². The fraction of sp³-hybridized carbons (Fsp3) is 0.529. The smallest absolute Gasteiger partial charge is 0.310 e. The van der Waals surface area contributed by atoms with Crippen LogP contribution in [0.3, 0.4) is 0 Å². The normalized spacial score (nSPS) is 22.7. The fourth-order valence-corrected chi connectivity index (χ4v) is 3.05. The van der Waals surface area contributed by atoms with Crippen molar-refractivity contribution < 1.29 is 14.7 Å². The van der Waals surface area contributed by atoms with Gasteiger partial charge in [-0.2, -0.15) is 0 Å². The van der Waals surface area contributed by atoms with Crippen LogP contribution in [0, 0.1) is 5.41 Å². The van der Waals surface area contributed by atoms with E-state index in [9.17, 15) is 14.7 Å². The summed E-state index contributed by atoms with van der Waals surface area (Å²) in [5.41, 5.74) is 0.266. The quantitative estimate of drug-likeness (QED) is 0.836. The molecule has 1 aromatic carbocycles. The molecule has 0 radical (unpaired) electrons. The lowest BCUT2D eigenvalue weighted by Gasteiger charge is -2.22. The lowest BCUT2D eigenvalue weighted by molar-refractivity contribution is -0.147. The van der Waals surface area contributed by atoms with Gasteiger partial charge in [-0.15, -0.1) is 0 Å². The van der Waals surface area contributed by atoms with Crippen molar-refractivity contribution in [1.29, 1.82) is 0 Å². The Morgan fingerprint density at radius 2 is 2.04 bits per heavy atom. The zero-order valence-electron chi connectivity index (χ0n) is 13.5. The average Bonchev–Trinajstić information content (AvgIpc) is 2.88. The predicted molar refractivity (Wildman–Crippen MR) is 89.4 cm³/mol. The molecule has 2 atom stereocenters. The second-order valence-corrected chi connectivity index (χ2v) is 6.84. The first-order valence-electron chi connectivity index (χ1n) is 7.84. The first-order chi connectivity index (χ1) is 10.8. The van der Waals surface area contributed by atoms with Crippen molar-refractivity contribution in [2.75, 3.05) is 19.6 Å². The summed E-state index contributed by atoms with van der Waals surface area (Å²) in [6.45, 7) is 5.01. The molecule has 2 N–H and O–H groups in total. The molecule has 126 valence electrons. The summed E-state index contributed by atoms with van der Waals surface area (Å²) in [5, 5.41) is 12.9. The van der Waals surface area contributed by atoms with Gasteiger partial charge in [0.1, 0.15) is 0 Å². The highest BCUT2D eigenvalue weighted by Crippen LogP contribution is 2.29. The summed E-state index contributed by atoms with van der Waals surface area (Å²) in [4.78, 5) is 25.4. The van der Waals surface area contributed by atoms with E-state index < -0.39 is 11.4 Å². The highest BCUT2D eigenvalue weighted by Gasteiger charge is 2.40. The van der Waals surface area contributed by atoms with Gasteiger partial charge in [-0.1, -0.05) is 30.7 Å². The van der Waals surface area contributed by atoms with Crippen LogP contribution in [0.1, 0.15) is 38.3 Å². The Bertz CT molecular complexity index is 576. The second kappa shape index (κ2) is 7.32. The van der Waals surface area contributed by atoms with E-state index in [0.29, 0.717) is 24.5 Å². The van der Waals surface area contributed by atoms with Gasteiger partial charge >= 0.3 is 5.97 Å². The molecule has 1 amide bonds. The Morgan fingerprint density at radius 3 is 2.57 bits per heavy atom. The lowest BCUT2D eigenvalue weighted by atomic mass is 9.90. The Kier molecular flexibility index (Phi) is 5.65. The molecule has 1 fully saturated rings. The van der Waals surface area contributed by atoms with E-state index in [2.05, 4.69) is 5.32 Å². The molecule has 0 aliphatic carbocycles. The van der Waals surface area contributed by atoms with Gasteiger partial charge in [-0.3, -0.25) is 14.5 Å². The van der Waals surface area contributed by atoms with E-state index in [1.165, 1.54) is 0 Å². The maximum absolute atomic E-state index is 12.3. The number of hydrogen-bond acceptors (Lipinski definition) is 3. The van der Waals surface area contributed by atoms with Crippen LogP contribution in [-0.4, -0.2) is 41.5 Å². The van der Waals surface area contributed by atoms with E-state index in [1.54, 1.807) is 6.92 Å². The van der Waals surface area contributed by atoms with Crippen molar-refractivity contribution >= 4 is 23.5 Å². The van der Waals surface area contributed by atoms with E-state index in [1.807, 2.05) is 36.1 Å². The largest absolute Gasteiger partial charge is 0.481 e. The van der Waals surface area contributed by atoms with Crippen molar-refractivity contribution in [3.63, 3.8) is 0 Å². The van der Waals surface area contributed by atoms with Gasteiger partial charge in [0.2, 0.25) is 5.91 Å². The molecule has 23 heavy (non-hydrogen) atoms. The number of amides is 1. The molecule has 2 rings (SSSR count). The molecule has 2 unspecified atom stereocenters. The Morgan fingerprint density at radius 1 is 1.39 bits per heavy atom. The average molecular weight is 339 g/mol. The van der Waals surface area contributed by atoms with Gasteiger partial charge in [-0.25, -0.2) is 0 Å². The number of hydrogen-bond donors (Lipinski definition) is 2. The third-order valence-corrected chi connectivity index (χ3v) is 4.70. The first kappa shape index (κ1) is 17.8. The van der Waals surface area contributed by atoms with Crippen molar-refractivity contribution in [3.8, 4) is 0 Å². The molecule has 1 saturated heterocycles. The predicted octanol–water partition coefficient (Wildman–Crippen LogP) is 2.70. The van der Waals surface area contributed by atoms with Crippen LogP contribution in [0.25, 0.3) is 0 Å². The number of benzene rings is 1. The van der Waals surface area contributed by atoms with Gasteiger partial charge in [0.05, 0.1) is 18.0 Å². The number of rotatable bonds is 6. The number of nitrogens with one attached hydrogen (secondary N) is 1. The van der Waals surface area contributed by atoms with Gasteiger partial charge in [-0.05, 0) is 44.0 Å². The summed E-state index contributed by atoms with van der Waals surface area (Å²) in [6.07, 6.45) is 1.35. The molecule has 1 aliphatic heterocycles. The Labute approximate surface area is 141 Å². The molecule has 6 heteroatoms. The summed E-state index contributed by atoms with van der Waals surface area (Å²) in [5.74, 6) is -0.880. The minimum atomic E-state index is -0.798. The number of aliphatic carboxylic acids is 1. The molecule has 0 spiro atoms. The summed E-state index contributed by atoms with van der Waals surface area (Å²) in [7, 11) is 0. The van der Waals surface area contributed by atoms with Crippen molar-refractivity contribution in [3.05, 3.63) is 34.9 Å². The highest BCUT2D eigenvalue weighted by molar-refractivity contribution is 6.30. The maximum Gasteiger partial charge on any atom is 0.310 e. The van der Waals surface area contributed by atoms with Crippen molar-refractivity contribution in [2.45, 2.75) is 32.7 Å². The first-order valence-corrected chi connectivity index (χ1v) is 8.22. The number of likely N-dealkylation sites (tertiary alicyclic amines) is 1. The number of carboxylic acid groups (broad SMARTS) is 1. The van der Waals surface area contributed by atoms with E-state index in [4.69, 9.17) is 11.6 Å². The standard InChI is InChI=1S/C17H23ClN2O3/c1-3-14(12-4-6-13(18)7-5-12)19-15(21)10-20-9-8-17(2,11-20)16(22)23/h4-7,14H,3,8-11H2,1-2H3,(H,19,21)(H,22,23). The van der Waals surface area contributed by atoms with Crippen LogP contribution in [0.4, 0.5) is 0 Å². The summed E-state index contributed by atoms with van der Waals surface area (Å²) in [6, 6.07) is 7.38. The lowest BCUT2D eigenvalue weighted by Crippen LogP contribution is -2.39. The minimum Gasteiger partial charge on any atom is -0.481 e. The van der Waals surface area contributed by atoms with Gasteiger partial charge < -0.3 is 10.4 Å². The Hall–Kier alpha value is -1.59. The molecule has 1 aromatic rings. The number of carbonyl (C=O) groups is 2. The number of halogens is 1. The summed E-state index contributed by atoms with van der Waals surface area (Å²) < 4.78 is 0. The molecule has 5 nitrogen and oxygen atoms in total. The van der Waals surface area contributed by atoms with Crippen LogP contribution < -0.4 is 5.32 Å². The summed E-state index contributed by atoms with van der Waals surface area (Å²) >= 11 is 5.89. The Balaban J connectivity index is 1.91. The third-order valence-electron chi connectivity index (χ3n) is 4.45. The third kappa shape index (κ3) is 4.45. The van der Waals surface area contributed by atoms with Crippen LogP contribution in [0.15, 0.2) is 24.3 Å². The zero-order valence-corrected chi connectivity index (χ0v) is 14.3. The van der Waals surface area contributed by atoms with Crippen molar-refractivity contribution in [2.24, 2.45) is 5.41 Å². The minimum absolute atomic E-state index is 0.0618. The molecular weight excluding hydrogens is 316 g/mol. The fourth-order valence-electron chi connectivity index (χ4n) is 2.93. The SMILES string of the molecule is CCC(NC(=O)CN1CCC(C)(C(=O)O)C1)c1ccc(Cl)cc1. The molecular formula is C17H23ClN2O3. The topological polar surface area (TPSA) is 69.6 Å². The highest BCUT2D eigenvalue weighted by atomic mass is 35.5.